The molecule has 0 radical (unpaired) electrons. The Bertz CT molecular complexity index is 642. The standard InChI is InChI=1S/C18H28N4O.ClH/c1-11(2)14(5)20-16-9-7-8-15(13(16)4)18-21-17(22-23-18)10-12(3)19-6;/h7-9,11-12,14,19-20H,10H2,1-6H3;1H. The van der Waals surface area contributed by atoms with Crippen LogP contribution < -0.4 is 10.6 Å². The SMILES string of the molecule is CNC(C)Cc1noc(-c2cccc(NC(C)C(C)C)c2C)n1.Cl. The number of anilines is 1. The van der Waals surface area contributed by atoms with Crippen molar-refractivity contribution in [2.45, 2.75) is 53.1 Å². The van der Waals surface area contributed by atoms with Gasteiger partial charge < -0.3 is 15.2 Å². The van der Waals surface area contributed by atoms with Crippen molar-refractivity contribution in [3.8, 4) is 11.5 Å². The largest absolute Gasteiger partial charge is 0.382 e. The van der Waals surface area contributed by atoms with Gasteiger partial charge in [0.1, 0.15) is 0 Å². The van der Waals surface area contributed by atoms with E-state index in [0.717, 1.165) is 29.1 Å². The van der Waals surface area contributed by atoms with Gasteiger partial charge in [-0.25, -0.2) is 0 Å². The highest BCUT2D eigenvalue weighted by atomic mass is 35.5. The van der Waals surface area contributed by atoms with E-state index in [1.54, 1.807) is 0 Å². The van der Waals surface area contributed by atoms with Gasteiger partial charge in [-0.1, -0.05) is 25.1 Å². The highest BCUT2D eigenvalue weighted by Crippen LogP contribution is 2.28. The molecule has 2 unspecified atom stereocenters. The number of hydrogen-bond acceptors (Lipinski definition) is 5. The van der Waals surface area contributed by atoms with E-state index in [9.17, 15) is 0 Å². The Morgan fingerprint density at radius 1 is 1.17 bits per heavy atom. The Kier molecular flexibility index (Phi) is 7.70. The predicted octanol–water partition coefficient (Wildman–Crippen LogP) is 4.07. The van der Waals surface area contributed by atoms with Gasteiger partial charge in [-0.2, -0.15) is 4.98 Å². The Morgan fingerprint density at radius 2 is 1.88 bits per heavy atom. The van der Waals surface area contributed by atoms with Crippen molar-refractivity contribution in [1.82, 2.24) is 15.5 Å². The number of halogens is 1. The maximum atomic E-state index is 5.47. The normalized spacial score (nSPS) is 13.5. The molecule has 2 atom stereocenters. The summed E-state index contributed by atoms with van der Waals surface area (Å²) >= 11 is 0. The van der Waals surface area contributed by atoms with Crippen LogP contribution in [-0.2, 0) is 6.42 Å². The highest BCUT2D eigenvalue weighted by molar-refractivity contribution is 5.85. The van der Waals surface area contributed by atoms with Crippen LogP contribution in [0.5, 0.6) is 0 Å². The average molecular weight is 353 g/mol. The van der Waals surface area contributed by atoms with E-state index in [2.05, 4.69) is 61.5 Å². The zero-order chi connectivity index (χ0) is 17.0. The lowest BCUT2D eigenvalue weighted by atomic mass is 10.0. The molecule has 0 aliphatic heterocycles. The summed E-state index contributed by atoms with van der Waals surface area (Å²) in [5.41, 5.74) is 3.24. The van der Waals surface area contributed by atoms with Gasteiger partial charge in [-0.15, -0.1) is 12.4 Å². The quantitative estimate of drug-likeness (QED) is 0.786. The van der Waals surface area contributed by atoms with E-state index in [0.29, 0.717) is 23.9 Å². The van der Waals surface area contributed by atoms with Crippen LogP contribution in [0, 0.1) is 12.8 Å². The maximum Gasteiger partial charge on any atom is 0.258 e. The second kappa shape index (κ2) is 9.04. The highest BCUT2D eigenvalue weighted by Gasteiger charge is 2.16. The van der Waals surface area contributed by atoms with Gasteiger partial charge in [-0.3, -0.25) is 0 Å². The first-order valence-electron chi connectivity index (χ1n) is 8.28. The molecule has 0 fully saturated rings. The fourth-order valence-electron chi connectivity index (χ4n) is 2.26. The zero-order valence-corrected chi connectivity index (χ0v) is 16.2. The number of likely N-dealkylation sites (N-methyl/N-ethyl adjacent to an activating group) is 1. The van der Waals surface area contributed by atoms with Crippen LogP contribution in [0.25, 0.3) is 11.5 Å². The summed E-state index contributed by atoms with van der Waals surface area (Å²) in [5.74, 6) is 1.88. The van der Waals surface area contributed by atoms with Crippen LogP contribution in [-0.4, -0.2) is 29.3 Å². The minimum atomic E-state index is 0. The van der Waals surface area contributed by atoms with Crippen LogP contribution >= 0.6 is 12.4 Å². The van der Waals surface area contributed by atoms with Crippen LogP contribution in [0.4, 0.5) is 5.69 Å². The number of nitrogens with one attached hydrogen (secondary N) is 2. The second-order valence-electron chi connectivity index (χ2n) is 6.56. The molecule has 1 heterocycles. The number of aromatic nitrogens is 2. The Hall–Kier alpha value is -1.59. The summed E-state index contributed by atoms with van der Waals surface area (Å²) in [6.07, 6.45) is 0.751. The Morgan fingerprint density at radius 3 is 2.50 bits per heavy atom. The van der Waals surface area contributed by atoms with E-state index in [-0.39, 0.29) is 12.4 Å². The van der Waals surface area contributed by atoms with Gasteiger partial charge in [0.15, 0.2) is 5.82 Å². The third-order valence-corrected chi connectivity index (χ3v) is 4.40. The molecule has 0 spiro atoms. The number of rotatable bonds is 7. The van der Waals surface area contributed by atoms with E-state index in [1.165, 1.54) is 0 Å². The Balaban J connectivity index is 0.00000288. The minimum absolute atomic E-state index is 0. The third kappa shape index (κ3) is 4.95. The summed E-state index contributed by atoms with van der Waals surface area (Å²) in [6, 6.07) is 6.87. The predicted molar refractivity (Wildman–Crippen MR) is 102 cm³/mol. The van der Waals surface area contributed by atoms with Crippen molar-refractivity contribution >= 4 is 18.1 Å². The van der Waals surface area contributed by atoms with Gasteiger partial charge >= 0.3 is 0 Å². The van der Waals surface area contributed by atoms with Crippen LogP contribution in [0.1, 0.15) is 39.1 Å². The monoisotopic (exact) mass is 352 g/mol. The molecule has 6 heteroatoms. The van der Waals surface area contributed by atoms with Gasteiger partial charge in [0.05, 0.1) is 0 Å². The Labute approximate surface area is 151 Å². The van der Waals surface area contributed by atoms with Gasteiger partial charge in [0.25, 0.3) is 5.89 Å². The van der Waals surface area contributed by atoms with Gasteiger partial charge in [0, 0.05) is 29.8 Å². The van der Waals surface area contributed by atoms with Crippen molar-refractivity contribution in [3.05, 3.63) is 29.6 Å². The number of benzene rings is 1. The molecule has 0 aliphatic carbocycles. The first-order valence-corrected chi connectivity index (χ1v) is 8.28. The molecule has 134 valence electrons. The second-order valence-corrected chi connectivity index (χ2v) is 6.56. The van der Waals surface area contributed by atoms with E-state index in [4.69, 9.17) is 4.52 Å². The molecule has 1 aromatic carbocycles. The third-order valence-electron chi connectivity index (χ3n) is 4.40. The lowest BCUT2D eigenvalue weighted by Gasteiger charge is -2.20. The van der Waals surface area contributed by atoms with Crippen molar-refractivity contribution in [3.63, 3.8) is 0 Å². The maximum absolute atomic E-state index is 5.47. The first-order chi connectivity index (χ1) is 10.9. The molecule has 0 aliphatic rings. The molecule has 2 aromatic rings. The number of hydrogen-bond donors (Lipinski definition) is 2. The van der Waals surface area contributed by atoms with Crippen LogP contribution in [0.3, 0.4) is 0 Å². The fraction of sp³-hybridized carbons (Fsp3) is 0.556. The van der Waals surface area contributed by atoms with Crippen molar-refractivity contribution < 1.29 is 4.52 Å². The molecule has 2 N–H and O–H groups in total. The fourth-order valence-corrected chi connectivity index (χ4v) is 2.26. The molecule has 24 heavy (non-hydrogen) atoms. The smallest absolute Gasteiger partial charge is 0.258 e. The lowest BCUT2D eigenvalue weighted by molar-refractivity contribution is 0.418. The van der Waals surface area contributed by atoms with Crippen LogP contribution in [0.15, 0.2) is 22.7 Å². The first kappa shape index (κ1) is 20.5. The average Bonchev–Trinajstić information content (AvgIpc) is 2.97. The molecule has 0 saturated carbocycles. The van der Waals surface area contributed by atoms with Crippen molar-refractivity contribution in [1.29, 1.82) is 0 Å². The lowest BCUT2D eigenvalue weighted by Crippen LogP contribution is -2.24. The summed E-state index contributed by atoms with van der Waals surface area (Å²) in [4.78, 5) is 4.54. The molecule has 0 bridgehead atoms. The van der Waals surface area contributed by atoms with E-state index >= 15 is 0 Å². The molecular weight excluding hydrogens is 324 g/mol. The molecule has 0 saturated heterocycles. The summed E-state index contributed by atoms with van der Waals surface area (Å²) < 4.78 is 5.47. The molecule has 2 rings (SSSR count). The van der Waals surface area contributed by atoms with Crippen LogP contribution in [0.2, 0.25) is 0 Å². The molecule has 1 aromatic heterocycles. The van der Waals surface area contributed by atoms with Crippen molar-refractivity contribution in [2.75, 3.05) is 12.4 Å². The van der Waals surface area contributed by atoms with E-state index in [1.807, 2.05) is 19.2 Å². The summed E-state index contributed by atoms with van der Waals surface area (Å²) in [6.45, 7) is 10.8. The van der Waals surface area contributed by atoms with Crippen molar-refractivity contribution in [2.24, 2.45) is 5.92 Å². The topological polar surface area (TPSA) is 63.0 Å². The summed E-state index contributed by atoms with van der Waals surface area (Å²) in [7, 11) is 1.93. The number of nitrogens with zero attached hydrogens (tertiary/aromatic N) is 2. The van der Waals surface area contributed by atoms with Gasteiger partial charge in [0.2, 0.25) is 0 Å². The molecule has 5 nitrogen and oxygen atoms in total. The van der Waals surface area contributed by atoms with E-state index < -0.39 is 0 Å². The summed E-state index contributed by atoms with van der Waals surface area (Å²) in [5, 5.41) is 10.8. The minimum Gasteiger partial charge on any atom is -0.382 e. The van der Waals surface area contributed by atoms with Gasteiger partial charge in [-0.05, 0) is 51.4 Å². The molecular formula is C18H29ClN4O. The zero-order valence-electron chi connectivity index (χ0n) is 15.4. The molecule has 0 amide bonds.